The second kappa shape index (κ2) is 23.5. The van der Waals surface area contributed by atoms with Crippen molar-refractivity contribution < 1.29 is 32.0 Å². The van der Waals surface area contributed by atoms with E-state index in [2.05, 4.69) is 82.7 Å². The van der Waals surface area contributed by atoms with E-state index in [1.807, 2.05) is 140 Å². The molecule has 424 valence electrons. The quantitative estimate of drug-likeness (QED) is 0.129. The molecule has 18 rings (SSSR count). The maximum atomic E-state index is 9.24. The summed E-state index contributed by atoms with van der Waals surface area (Å²) in [4.78, 5) is 0. The van der Waals surface area contributed by atoms with Crippen LogP contribution in [-0.2, 0) is 0 Å². The zero-order chi connectivity index (χ0) is 74.2. The normalized spacial score (nSPS) is 14.0. The molecule has 90 heavy (non-hydrogen) atoms. The number of thiophene rings is 2. The molecule has 2 N–H and O–H groups in total. The maximum absolute atomic E-state index is 9.24. The third kappa shape index (κ3) is 9.91. The van der Waals surface area contributed by atoms with Crippen molar-refractivity contribution >= 4 is 156 Å². The Balaban J connectivity index is 0.000000134. The summed E-state index contributed by atoms with van der Waals surface area (Å²) in [6.07, 6.45) is 0. The highest BCUT2D eigenvalue weighted by atomic mass is 79.9. The molecule has 0 unspecified atom stereocenters. The topological polar surface area (TPSA) is 40.5 Å². The van der Waals surface area contributed by atoms with Gasteiger partial charge in [0.05, 0.1) is 21.9 Å². The van der Waals surface area contributed by atoms with Crippen LogP contribution in [0.5, 0.6) is 0 Å². The lowest BCUT2D eigenvalue weighted by atomic mass is 9.80. The molecule has 0 saturated heterocycles. The molecule has 0 aliphatic rings. The molecular weight excluding hydrogens is 1200 g/mol. The fourth-order valence-electron chi connectivity index (χ4n) is 12.4. The Bertz CT molecular complexity index is 6630. The van der Waals surface area contributed by atoms with Gasteiger partial charge in [-0.15, -0.1) is 22.7 Å². The molecule has 2 aromatic heterocycles. The van der Waals surface area contributed by atoms with Crippen LogP contribution in [0, 0.1) is 0 Å². The Hall–Kier alpha value is -10.0. The first-order valence-electron chi connectivity index (χ1n) is 37.0. The minimum absolute atomic E-state index is 0.182. The van der Waals surface area contributed by atoms with Crippen LogP contribution in [0.2, 0.25) is 0 Å². The molecule has 0 saturated carbocycles. The van der Waals surface area contributed by atoms with Crippen LogP contribution in [0.4, 0.5) is 0 Å². The molecule has 0 atom stereocenters. The number of hydrogen-bond acceptors (Lipinski definition) is 4. The molecular formula is C84H54BBrO2S2. The molecule has 0 aliphatic carbocycles. The molecule has 18 aromatic rings. The minimum Gasteiger partial charge on any atom is -0.423 e. The SMILES string of the molecule is OB(O)c1ccc(-c2cccc3c2sc2ccccc23)cc1.[2H]c1c([2H])c([2H])c2c(-c3ccc4ccccc4c3)c3c([2H])c([2H])c([2H])c([2H])c3c(-c3ccc(-c4cccc5c4sc4ccccc45)cc3)c2c1[2H].[2H]c1c([2H])c([2H])c2c(-c3ccc4ccccc4c3)c3c([2H])c([2H])c([2H])c([2H])c3c(Br)c2c1[2H]. The van der Waals surface area contributed by atoms with Gasteiger partial charge < -0.3 is 10.0 Å². The Morgan fingerprint density at radius 2 is 0.611 bits per heavy atom. The monoisotopic (exact) mass is 1260 g/mol. The van der Waals surface area contributed by atoms with E-state index in [1.165, 1.54) is 41.2 Å². The molecule has 0 amide bonds. The highest BCUT2D eigenvalue weighted by Crippen LogP contribution is 2.47. The first-order valence-corrected chi connectivity index (χ1v) is 31.4. The highest BCUT2D eigenvalue weighted by Gasteiger charge is 2.19. The van der Waals surface area contributed by atoms with Gasteiger partial charge in [0.1, 0.15) is 0 Å². The zero-order valence-electron chi connectivity index (χ0n) is 63.5. The van der Waals surface area contributed by atoms with Gasteiger partial charge >= 0.3 is 7.12 Å². The second-order valence-electron chi connectivity index (χ2n) is 21.7. The van der Waals surface area contributed by atoms with Gasteiger partial charge in [-0.25, -0.2) is 0 Å². The molecule has 2 heterocycles. The zero-order valence-corrected chi connectivity index (χ0v) is 50.7. The summed E-state index contributed by atoms with van der Waals surface area (Å²) in [6, 6.07) is 65.8. The Morgan fingerprint density at radius 1 is 0.289 bits per heavy atom. The summed E-state index contributed by atoms with van der Waals surface area (Å²) < 4.78 is 144. The molecule has 0 fully saturated rings. The van der Waals surface area contributed by atoms with Gasteiger partial charge in [-0.3, -0.25) is 0 Å². The van der Waals surface area contributed by atoms with Gasteiger partial charge in [-0.1, -0.05) is 291 Å². The van der Waals surface area contributed by atoms with E-state index in [-0.39, 0.29) is 95.9 Å². The van der Waals surface area contributed by atoms with E-state index < -0.39 is 55.5 Å². The molecule has 2 nitrogen and oxygen atoms in total. The maximum Gasteiger partial charge on any atom is 0.488 e. The van der Waals surface area contributed by atoms with Crippen LogP contribution in [0.3, 0.4) is 0 Å². The number of benzene rings is 16. The Labute approximate surface area is 560 Å². The fourth-order valence-corrected chi connectivity index (χ4v) is 15.4. The van der Waals surface area contributed by atoms with Gasteiger partial charge in [-0.05, 0) is 166 Å². The van der Waals surface area contributed by atoms with Gasteiger partial charge in [-0.2, -0.15) is 0 Å². The van der Waals surface area contributed by atoms with Crippen LogP contribution in [0.15, 0.2) is 320 Å². The number of hydrogen-bond donors (Lipinski definition) is 2. The molecule has 0 spiro atoms. The largest absolute Gasteiger partial charge is 0.488 e. The van der Waals surface area contributed by atoms with E-state index in [4.69, 9.17) is 16.4 Å². The average molecular weight is 1270 g/mol. The summed E-state index contributed by atoms with van der Waals surface area (Å²) >= 11 is 6.95. The van der Waals surface area contributed by atoms with Crippen molar-refractivity contribution in [2.75, 3.05) is 0 Å². The Kier molecular flexibility index (Phi) is 10.6. The van der Waals surface area contributed by atoms with E-state index >= 15 is 0 Å². The van der Waals surface area contributed by atoms with E-state index in [0.717, 1.165) is 42.9 Å². The number of rotatable bonds is 6. The Morgan fingerprint density at radius 3 is 1.03 bits per heavy atom. The van der Waals surface area contributed by atoms with Crippen molar-refractivity contribution in [3.8, 4) is 55.6 Å². The summed E-state index contributed by atoms with van der Waals surface area (Å²) in [5, 5.41) is 28.7. The second-order valence-corrected chi connectivity index (χ2v) is 24.6. The summed E-state index contributed by atoms with van der Waals surface area (Å²) in [5.74, 6) is 0. The van der Waals surface area contributed by atoms with Crippen LogP contribution in [-0.4, -0.2) is 17.2 Å². The molecule has 6 heteroatoms. The summed E-state index contributed by atoms with van der Waals surface area (Å²) in [7, 11) is -1.42. The summed E-state index contributed by atoms with van der Waals surface area (Å²) in [6.45, 7) is 0. The first kappa shape index (κ1) is 40.5. The lowest BCUT2D eigenvalue weighted by molar-refractivity contribution is 0.426. The van der Waals surface area contributed by atoms with E-state index in [0.29, 0.717) is 38.8 Å². The number of halogens is 1. The first-order chi connectivity index (χ1) is 51.0. The lowest BCUT2D eigenvalue weighted by Crippen LogP contribution is -2.29. The molecule has 0 radical (unpaired) electrons. The predicted octanol–water partition coefficient (Wildman–Crippen LogP) is 23.5. The van der Waals surface area contributed by atoms with Crippen LogP contribution in [0.1, 0.15) is 21.9 Å². The van der Waals surface area contributed by atoms with Crippen molar-refractivity contribution in [1.82, 2.24) is 0 Å². The minimum atomic E-state index is -1.42. The highest BCUT2D eigenvalue weighted by molar-refractivity contribution is 9.10. The van der Waals surface area contributed by atoms with Crippen LogP contribution in [0.25, 0.3) is 161 Å². The third-order valence-electron chi connectivity index (χ3n) is 16.6. The molecule has 0 aliphatic heterocycles. The molecule has 16 aromatic carbocycles. The van der Waals surface area contributed by atoms with Crippen molar-refractivity contribution in [2.24, 2.45) is 0 Å². The number of fused-ring (bicyclic) bond motifs is 12. The van der Waals surface area contributed by atoms with Crippen molar-refractivity contribution in [3.05, 3.63) is 320 Å². The standard InChI is InChI=1S/C42H26S.C24H15Br.C18H13BO2S/c1-2-11-30-26-31(25-20-27(30)10-1)41-36-15-5-3-13-34(36)40(35-14-4-6-16-37(35)41)29-23-21-28(22-24-29)32-17-9-18-38-33-12-7-8-19-39(33)43-42(32)38;25-24-21-11-5-3-9-19(21)23(20-10-4-6-12-22(20)24)18-14-13-16-7-1-2-8-17(16)15-18;20-19(21)13-10-8-12(9-11-13)14-5-3-6-16-15-4-1-2-7-17(15)22-18(14)16/h1-26H;1-15H;1-11,20-21H/i3D,4D,5D,6D,13D,14D,15D,16D;3D,4D,5D,6D,9D,10D,11D,12D;. The van der Waals surface area contributed by atoms with E-state index in [9.17, 15) is 15.5 Å². The van der Waals surface area contributed by atoms with Crippen molar-refractivity contribution in [2.45, 2.75) is 0 Å². The van der Waals surface area contributed by atoms with Crippen molar-refractivity contribution in [3.63, 3.8) is 0 Å². The summed E-state index contributed by atoms with van der Waals surface area (Å²) in [5.41, 5.74) is 7.61. The van der Waals surface area contributed by atoms with Gasteiger partial charge in [0.25, 0.3) is 0 Å². The van der Waals surface area contributed by atoms with Crippen LogP contribution < -0.4 is 5.46 Å². The van der Waals surface area contributed by atoms with Gasteiger partial charge in [0.15, 0.2) is 0 Å². The molecule has 0 bridgehead atoms. The van der Waals surface area contributed by atoms with E-state index in [1.54, 1.807) is 34.8 Å². The third-order valence-corrected chi connectivity index (χ3v) is 19.8. The lowest BCUT2D eigenvalue weighted by Gasteiger charge is -2.18. The predicted molar refractivity (Wildman–Crippen MR) is 395 cm³/mol. The van der Waals surface area contributed by atoms with Gasteiger partial charge in [0, 0.05) is 44.8 Å². The smallest absolute Gasteiger partial charge is 0.423 e. The van der Waals surface area contributed by atoms with Crippen molar-refractivity contribution in [1.29, 1.82) is 0 Å². The fraction of sp³-hybridized carbons (Fsp3) is 0. The average Bonchev–Trinajstić information content (AvgIpc) is 0.942. The van der Waals surface area contributed by atoms with Crippen LogP contribution >= 0.6 is 38.6 Å². The van der Waals surface area contributed by atoms with Gasteiger partial charge in [0.2, 0.25) is 0 Å².